The van der Waals surface area contributed by atoms with Crippen LogP contribution in [0, 0.1) is 6.92 Å². The molecule has 0 bridgehead atoms. The molecule has 2 aliphatic rings. The number of carbonyl (C=O) groups is 3. The summed E-state index contributed by atoms with van der Waals surface area (Å²) in [6, 6.07) is 8.08. The number of fused-ring (bicyclic) bond motifs is 2. The van der Waals surface area contributed by atoms with E-state index in [9.17, 15) is 14.4 Å². The fourth-order valence-electron chi connectivity index (χ4n) is 4.17. The fraction of sp³-hybridized carbons (Fsp3) is 0.348. The monoisotopic (exact) mass is 408 g/mol. The minimum Gasteiger partial charge on any atom is -0.493 e. The van der Waals surface area contributed by atoms with Crippen molar-refractivity contribution in [2.75, 3.05) is 20.8 Å². The molecule has 7 heteroatoms. The molecule has 0 fully saturated rings. The number of aryl methyl sites for hydroxylation is 1. The van der Waals surface area contributed by atoms with Crippen LogP contribution in [0.4, 0.5) is 0 Å². The van der Waals surface area contributed by atoms with Gasteiger partial charge in [-0.15, -0.1) is 0 Å². The SMILES string of the molecule is COc1cc2c(cc1OC)CN(C(=O)[C@@H](C)N1C(=O)c3ccc(C)cc3C1=O)CC2. The molecule has 2 aliphatic heterocycles. The molecule has 7 nitrogen and oxygen atoms in total. The van der Waals surface area contributed by atoms with Crippen LogP contribution in [-0.4, -0.2) is 54.3 Å². The van der Waals surface area contributed by atoms with E-state index < -0.39 is 17.9 Å². The molecule has 0 saturated heterocycles. The Balaban J connectivity index is 1.56. The van der Waals surface area contributed by atoms with Crippen LogP contribution in [0.2, 0.25) is 0 Å². The van der Waals surface area contributed by atoms with Crippen LogP contribution in [0.5, 0.6) is 11.5 Å². The summed E-state index contributed by atoms with van der Waals surface area (Å²) in [5.41, 5.74) is 3.68. The third-order valence-electron chi connectivity index (χ3n) is 5.85. The number of benzene rings is 2. The molecule has 2 heterocycles. The van der Waals surface area contributed by atoms with E-state index in [0.717, 1.165) is 21.6 Å². The van der Waals surface area contributed by atoms with Crippen LogP contribution >= 0.6 is 0 Å². The highest BCUT2D eigenvalue weighted by Gasteiger charge is 2.42. The number of carbonyl (C=O) groups excluding carboxylic acids is 3. The molecule has 0 spiro atoms. The van der Waals surface area contributed by atoms with E-state index in [1.165, 1.54) is 0 Å². The number of rotatable bonds is 4. The van der Waals surface area contributed by atoms with E-state index in [0.29, 0.717) is 42.1 Å². The van der Waals surface area contributed by atoms with E-state index in [4.69, 9.17) is 9.47 Å². The van der Waals surface area contributed by atoms with Crippen molar-refractivity contribution in [1.82, 2.24) is 9.80 Å². The number of ether oxygens (including phenoxy) is 2. The van der Waals surface area contributed by atoms with Crippen molar-refractivity contribution >= 4 is 17.7 Å². The minimum absolute atomic E-state index is 0.248. The molecule has 2 aromatic rings. The van der Waals surface area contributed by atoms with Crippen molar-refractivity contribution < 1.29 is 23.9 Å². The lowest BCUT2D eigenvalue weighted by atomic mass is 9.98. The lowest BCUT2D eigenvalue weighted by Crippen LogP contribution is -2.50. The van der Waals surface area contributed by atoms with Gasteiger partial charge < -0.3 is 14.4 Å². The van der Waals surface area contributed by atoms with E-state index in [-0.39, 0.29) is 5.91 Å². The fourth-order valence-corrected chi connectivity index (χ4v) is 4.17. The number of methoxy groups -OCH3 is 2. The first kappa shape index (κ1) is 19.9. The summed E-state index contributed by atoms with van der Waals surface area (Å²) in [5.74, 6) is 0.185. The summed E-state index contributed by atoms with van der Waals surface area (Å²) in [6.45, 7) is 4.37. The summed E-state index contributed by atoms with van der Waals surface area (Å²) >= 11 is 0. The lowest BCUT2D eigenvalue weighted by molar-refractivity contribution is -0.135. The summed E-state index contributed by atoms with van der Waals surface area (Å²) in [4.78, 5) is 41.6. The second kappa shape index (κ2) is 7.48. The first-order chi connectivity index (χ1) is 14.3. The van der Waals surface area contributed by atoms with Crippen LogP contribution in [0.15, 0.2) is 30.3 Å². The van der Waals surface area contributed by atoms with Gasteiger partial charge in [0.15, 0.2) is 11.5 Å². The van der Waals surface area contributed by atoms with Crippen molar-refractivity contribution in [1.29, 1.82) is 0 Å². The van der Waals surface area contributed by atoms with Gasteiger partial charge in [0, 0.05) is 13.1 Å². The topological polar surface area (TPSA) is 76.2 Å². The molecule has 3 amide bonds. The maximum absolute atomic E-state index is 13.2. The normalized spacial score (nSPS) is 16.3. The predicted octanol–water partition coefficient (Wildman–Crippen LogP) is 2.58. The highest BCUT2D eigenvalue weighted by atomic mass is 16.5. The average molecular weight is 408 g/mol. The number of imide groups is 1. The van der Waals surface area contributed by atoms with E-state index in [2.05, 4.69) is 0 Å². The maximum Gasteiger partial charge on any atom is 0.262 e. The second-order valence-electron chi connectivity index (χ2n) is 7.69. The Hall–Kier alpha value is -3.35. The number of hydrogen-bond acceptors (Lipinski definition) is 5. The van der Waals surface area contributed by atoms with Gasteiger partial charge in [-0.05, 0) is 55.7 Å². The number of nitrogens with zero attached hydrogens (tertiary/aromatic N) is 2. The summed E-state index contributed by atoms with van der Waals surface area (Å²) < 4.78 is 10.7. The average Bonchev–Trinajstić information content (AvgIpc) is 3.00. The Kier molecular flexibility index (Phi) is 4.97. The van der Waals surface area contributed by atoms with Crippen LogP contribution < -0.4 is 9.47 Å². The molecule has 0 aliphatic carbocycles. The molecule has 1 atom stereocenters. The quantitative estimate of drug-likeness (QED) is 0.727. The Bertz CT molecular complexity index is 1060. The summed E-state index contributed by atoms with van der Waals surface area (Å²) in [6.07, 6.45) is 0.662. The van der Waals surface area contributed by atoms with Crippen molar-refractivity contribution in [2.24, 2.45) is 0 Å². The lowest BCUT2D eigenvalue weighted by Gasteiger charge is -2.33. The molecule has 0 unspecified atom stereocenters. The van der Waals surface area contributed by atoms with Crippen molar-refractivity contribution in [2.45, 2.75) is 32.9 Å². The van der Waals surface area contributed by atoms with E-state index in [1.54, 1.807) is 44.2 Å². The van der Waals surface area contributed by atoms with E-state index >= 15 is 0 Å². The first-order valence-electron chi connectivity index (χ1n) is 9.86. The van der Waals surface area contributed by atoms with Gasteiger partial charge in [0.2, 0.25) is 5.91 Å². The third-order valence-corrected chi connectivity index (χ3v) is 5.85. The Morgan fingerprint density at radius 2 is 1.60 bits per heavy atom. The van der Waals surface area contributed by atoms with Gasteiger partial charge in [0.1, 0.15) is 6.04 Å². The zero-order chi connectivity index (χ0) is 21.6. The number of amides is 3. The smallest absolute Gasteiger partial charge is 0.262 e. The molecule has 0 aromatic heterocycles. The van der Waals surface area contributed by atoms with Gasteiger partial charge >= 0.3 is 0 Å². The Morgan fingerprint density at radius 1 is 0.967 bits per heavy atom. The van der Waals surface area contributed by atoms with Crippen LogP contribution in [0.3, 0.4) is 0 Å². The molecule has 0 N–H and O–H groups in total. The Morgan fingerprint density at radius 3 is 2.27 bits per heavy atom. The van der Waals surface area contributed by atoms with Gasteiger partial charge in [-0.2, -0.15) is 0 Å². The second-order valence-corrected chi connectivity index (χ2v) is 7.69. The molecule has 30 heavy (non-hydrogen) atoms. The van der Waals surface area contributed by atoms with Gasteiger partial charge in [-0.25, -0.2) is 0 Å². The molecule has 2 aromatic carbocycles. The number of hydrogen-bond donors (Lipinski definition) is 0. The molecular formula is C23H24N2O5. The summed E-state index contributed by atoms with van der Waals surface area (Å²) in [5, 5.41) is 0. The van der Waals surface area contributed by atoms with Crippen molar-refractivity contribution in [3.63, 3.8) is 0 Å². The molecular weight excluding hydrogens is 384 g/mol. The zero-order valence-electron chi connectivity index (χ0n) is 17.5. The maximum atomic E-state index is 13.2. The molecule has 0 radical (unpaired) electrons. The van der Waals surface area contributed by atoms with Crippen molar-refractivity contribution in [3.8, 4) is 11.5 Å². The van der Waals surface area contributed by atoms with Gasteiger partial charge in [0.05, 0.1) is 25.3 Å². The van der Waals surface area contributed by atoms with Crippen LogP contribution in [-0.2, 0) is 17.8 Å². The summed E-state index contributed by atoms with van der Waals surface area (Å²) in [7, 11) is 3.16. The highest BCUT2D eigenvalue weighted by Crippen LogP contribution is 2.34. The highest BCUT2D eigenvalue weighted by molar-refractivity contribution is 6.22. The van der Waals surface area contributed by atoms with Crippen molar-refractivity contribution in [3.05, 3.63) is 58.1 Å². The predicted molar refractivity (Wildman–Crippen MR) is 110 cm³/mol. The Labute approximate surface area is 175 Å². The molecule has 4 rings (SSSR count). The van der Waals surface area contributed by atoms with Gasteiger partial charge in [-0.3, -0.25) is 19.3 Å². The van der Waals surface area contributed by atoms with Gasteiger partial charge in [-0.1, -0.05) is 11.6 Å². The van der Waals surface area contributed by atoms with Crippen LogP contribution in [0.1, 0.15) is 44.3 Å². The van der Waals surface area contributed by atoms with E-state index in [1.807, 2.05) is 19.1 Å². The van der Waals surface area contributed by atoms with Gasteiger partial charge in [0.25, 0.3) is 11.8 Å². The standard InChI is InChI=1S/C23H24N2O5/c1-13-5-6-17-18(9-13)23(28)25(22(17)27)14(2)21(26)24-8-7-15-10-19(29-3)20(30-4)11-16(15)12-24/h5-6,9-11,14H,7-8,12H2,1-4H3/t14-/m1/s1. The zero-order valence-corrected chi connectivity index (χ0v) is 17.5. The minimum atomic E-state index is -0.876. The molecule has 156 valence electrons. The third kappa shape index (κ3) is 3.10. The first-order valence-corrected chi connectivity index (χ1v) is 9.86. The molecule has 0 saturated carbocycles. The van der Waals surface area contributed by atoms with Crippen LogP contribution in [0.25, 0.3) is 0 Å². The largest absolute Gasteiger partial charge is 0.493 e.